The first-order valence-electron chi connectivity index (χ1n) is 18.2. The Morgan fingerprint density at radius 2 is 0.650 bits per heavy atom. The predicted molar refractivity (Wildman–Crippen MR) is 179 cm³/mol. The molecule has 4 nitrogen and oxygen atoms in total. The van der Waals surface area contributed by atoms with Gasteiger partial charge in [-0.25, -0.2) is 0 Å². The van der Waals surface area contributed by atoms with Gasteiger partial charge in [0.05, 0.1) is 27.2 Å². The van der Waals surface area contributed by atoms with Crippen molar-refractivity contribution in [2.45, 2.75) is 181 Å². The number of rotatable bonds is 33. The maximum atomic E-state index is 6.02. The van der Waals surface area contributed by atoms with E-state index in [1.807, 2.05) is 20.8 Å². The van der Waals surface area contributed by atoms with Crippen LogP contribution in [0.4, 0.5) is 0 Å². The fraction of sp³-hybridized carbons (Fsp3) is 1.00. The molecule has 0 rings (SSSR count). The van der Waals surface area contributed by atoms with Gasteiger partial charge in [-0.1, -0.05) is 135 Å². The molecule has 0 radical (unpaired) electrons. The Morgan fingerprint density at radius 3 is 0.950 bits per heavy atom. The lowest BCUT2D eigenvalue weighted by atomic mass is 10.0. The molecule has 0 fully saturated rings. The quantitative estimate of drug-likeness (QED) is 0.0435. The first-order valence-corrected chi connectivity index (χ1v) is 20.1. The van der Waals surface area contributed by atoms with Gasteiger partial charge in [0.1, 0.15) is 0 Å². The molecule has 0 saturated heterocycles. The lowest BCUT2D eigenvalue weighted by Crippen LogP contribution is -2.48. The van der Waals surface area contributed by atoms with Crippen molar-refractivity contribution in [2.24, 2.45) is 0 Å². The molecule has 0 aromatic rings. The molecule has 0 atom stereocenters. The maximum Gasteiger partial charge on any atom is 0.501 e. The molecule has 0 aromatic carbocycles. The summed E-state index contributed by atoms with van der Waals surface area (Å²) in [6.07, 6.45) is 33.0. The van der Waals surface area contributed by atoms with E-state index in [1.165, 1.54) is 154 Å². The zero-order chi connectivity index (χ0) is 29.6. The number of hydrogen-bond donors (Lipinski definition) is 0. The lowest BCUT2D eigenvalue weighted by Gasteiger charge is -2.32. The van der Waals surface area contributed by atoms with E-state index in [4.69, 9.17) is 13.3 Å². The van der Waals surface area contributed by atoms with Crippen molar-refractivity contribution in [1.29, 1.82) is 0 Å². The molecular weight excluding hydrogens is 510 g/mol. The van der Waals surface area contributed by atoms with E-state index in [0.717, 1.165) is 16.9 Å². The minimum Gasteiger partial charge on any atom is -0.374 e. The second-order valence-corrected chi connectivity index (χ2v) is 15.6. The topological polar surface area (TPSA) is 27.7 Å². The van der Waals surface area contributed by atoms with Gasteiger partial charge in [-0.15, -0.1) is 0 Å². The van der Waals surface area contributed by atoms with Gasteiger partial charge < -0.3 is 17.8 Å². The third-order valence-electron chi connectivity index (χ3n) is 8.46. The van der Waals surface area contributed by atoms with Crippen LogP contribution in [0.3, 0.4) is 0 Å². The zero-order valence-corrected chi connectivity index (χ0v) is 29.7. The Balaban J connectivity index is 3.52. The van der Waals surface area contributed by atoms with Crippen LogP contribution in [0.15, 0.2) is 0 Å². The second kappa shape index (κ2) is 29.1. The zero-order valence-electron chi connectivity index (χ0n) is 28.7. The number of nitrogens with zero attached hydrogens (tertiary/aromatic N) is 1. The van der Waals surface area contributed by atoms with Crippen LogP contribution in [0.25, 0.3) is 0 Å². The molecule has 0 saturated carbocycles. The smallest absolute Gasteiger partial charge is 0.374 e. The number of hydrogen-bond acceptors (Lipinski definition) is 3. The Bertz CT molecular complexity index is 486. The summed E-state index contributed by atoms with van der Waals surface area (Å²) in [6, 6.07) is 0.934. The van der Waals surface area contributed by atoms with Gasteiger partial charge in [0.25, 0.3) is 0 Å². The van der Waals surface area contributed by atoms with E-state index in [0.29, 0.717) is 19.8 Å². The average Bonchev–Trinajstić information content (AvgIpc) is 2.92. The minimum atomic E-state index is -2.49. The van der Waals surface area contributed by atoms with Crippen molar-refractivity contribution in [3.05, 3.63) is 0 Å². The van der Waals surface area contributed by atoms with Crippen molar-refractivity contribution in [3.8, 4) is 0 Å². The summed E-state index contributed by atoms with van der Waals surface area (Å²) in [5.74, 6) is 0. The summed E-state index contributed by atoms with van der Waals surface area (Å²) in [4.78, 5) is 0. The van der Waals surface area contributed by atoms with Crippen molar-refractivity contribution in [1.82, 2.24) is 0 Å². The first kappa shape index (κ1) is 40.1. The van der Waals surface area contributed by atoms with Gasteiger partial charge in [-0.05, 0) is 33.6 Å². The van der Waals surface area contributed by atoms with Gasteiger partial charge in [0.15, 0.2) is 0 Å². The van der Waals surface area contributed by atoms with Crippen molar-refractivity contribution in [3.63, 3.8) is 0 Å². The highest BCUT2D eigenvalue weighted by Crippen LogP contribution is 2.20. The molecule has 0 heterocycles. The monoisotopic (exact) mass is 587 g/mol. The van der Waals surface area contributed by atoms with E-state index >= 15 is 0 Å². The fourth-order valence-corrected chi connectivity index (χ4v) is 8.58. The van der Waals surface area contributed by atoms with Crippen LogP contribution < -0.4 is 0 Å². The van der Waals surface area contributed by atoms with Gasteiger partial charge in [-0.3, -0.25) is 0 Å². The highest BCUT2D eigenvalue weighted by atomic mass is 28.4. The standard InChI is InChI=1S/C35H76NO3Si/c1-7-11-12-13-14-15-16-17-18-19-20-21-22-23-24-25-26-27-28-29-30-31-33-36(5,6)34-32-35-40(37-8-2,38-9-3)39-10-4/h7-35H2,1-6H3/q+1. The van der Waals surface area contributed by atoms with E-state index in [9.17, 15) is 0 Å². The molecule has 0 bridgehead atoms. The Labute approximate surface area is 254 Å². The van der Waals surface area contributed by atoms with Crippen molar-refractivity contribution >= 4 is 8.80 Å². The normalized spacial score (nSPS) is 12.4. The molecule has 0 aliphatic rings. The van der Waals surface area contributed by atoms with Crippen LogP contribution in [-0.2, 0) is 13.3 Å². The van der Waals surface area contributed by atoms with Crippen LogP contribution in [-0.4, -0.2) is 60.3 Å². The molecule has 5 heteroatoms. The summed E-state index contributed by atoms with van der Waals surface area (Å²) in [5, 5.41) is 0. The number of quaternary nitrogens is 1. The van der Waals surface area contributed by atoms with Gasteiger partial charge >= 0.3 is 8.80 Å². The summed E-state index contributed by atoms with van der Waals surface area (Å²) in [7, 11) is 2.27. The van der Waals surface area contributed by atoms with Crippen LogP contribution in [0.2, 0.25) is 6.04 Å². The highest BCUT2D eigenvalue weighted by molar-refractivity contribution is 6.60. The summed E-state index contributed by atoms with van der Waals surface area (Å²) in [5.41, 5.74) is 0. The molecule has 0 N–H and O–H groups in total. The fourth-order valence-electron chi connectivity index (χ4n) is 5.99. The molecule has 0 unspecified atom stereocenters. The summed E-state index contributed by atoms with van der Waals surface area (Å²) >= 11 is 0. The molecular formula is C35H76NO3Si+. The van der Waals surface area contributed by atoms with Gasteiger partial charge in [-0.2, -0.15) is 0 Å². The van der Waals surface area contributed by atoms with Gasteiger partial charge in [0.2, 0.25) is 0 Å². The van der Waals surface area contributed by atoms with Gasteiger partial charge in [0, 0.05) is 32.3 Å². The molecule has 40 heavy (non-hydrogen) atoms. The molecule has 0 aliphatic heterocycles. The Kier molecular flexibility index (Phi) is 29.2. The minimum absolute atomic E-state index is 0.671. The molecule has 242 valence electrons. The van der Waals surface area contributed by atoms with Crippen LogP contribution >= 0.6 is 0 Å². The summed E-state index contributed by atoms with van der Waals surface area (Å²) in [6.45, 7) is 12.9. The third-order valence-corrected chi connectivity index (χ3v) is 11.6. The second-order valence-electron chi connectivity index (χ2n) is 12.9. The molecule has 0 aliphatic carbocycles. The highest BCUT2D eigenvalue weighted by Gasteiger charge is 2.40. The van der Waals surface area contributed by atoms with Crippen LogP contribution in [0, 0.1) is 0 Å². The first-order chi connectivity index (χ1) is 19.4. The van der Waals surface area contributed by atoms with E-state index in [2.05, 4.69) is 21.0 Å². The lowest BCUT2D eigenvalue weighted by molar-refractivity contribution is -0.890. The summed E-state index contributed by atoms with van der Waals surface area (Å²) < 4.78 is 19.2. The Hall–Kier alpha value is 0.0569. The van der Waals surface area contributed by atoms with Crippen molar-refractivity contribution in [2.75, 3.05) is 47.0 Å². The van der Waals surface area contributed by atoms with E-state index in [-0.39, 0.29) is 0 Å². The van der Waals surface area contributed by atoms with E-state index < -0.39 is 8.80 Å². The molecule has 0 amide bonds. The third kappa shape index (κ3) is 25.7. The van der Waals surface area contributed by atoms with E-state index in [1.54, 1.807) is 0 Å². The van der Waals surface area contributed by atoms with Crippen LogP contribution in [0.5, 0.6) is 0 Å². The maximum absolute atomic E-state index is 6.02. The van der Waals surface area contributed by atoms with Crippen molar-refractivity contribution < 1.29 is 17.8 Å². The molecule has 0 aromatic heterocycles. The number of unbranched alkanes of at least 4 members (excludes halogenated alkanes) is 21. The molecule has 0 spiro atoms. The predicted octanol–water partition coefficient (Wildman–Crippen LogP) is 11.1. The largest absolute Gasteiger partial charge is 0.501 e. The SMILES string of the molecule is CCCCCCCCCCCCCCCCCCCCCCCC[N+](C)(C)CCC[Si](OCC)(OCC)OCC. The van der Waals surface area contributed by atoms with Crippen LogP contribution in [0.1, 0.15) is 175 Å². The Morgan fingerprint density at radius 1 is 0.375 bits per heavy atom. The average molecular weight is 587 g/mol.